The molecule has 1 fully saturated rings. The van der Waals surface area contributed by atoms with Crippen molar-refractivity contribution in [3.63, 3.8) is 0 Å². The molecule has 0 spiro atoms. The molecule has 1 aromatic heterocycles. The molecule has 10 heteroatoms. The highest BCUT2D eigenvalue weighted by Gasteiger charge is 2.35. The van der Waals surface area contributed by atoms with Crippen LogP contribution < -0.4 is 19.7 Å². The number of nitrogens with one attached hydrogen (secondary N) is 1. The number of rotatable bonds is 7. The number of nitrogens with zero attached hydrogens (tertiary/aromatic N) is 4. The number of hydrogen-bond donors (Lipinski definition) is 1. The lowest BCUT2D eigenvalue weighted by molar-refractivity contribution is -0.127. The van der Waals surface area contributed by atoms with E-state index in [1.54, 1.807) is 47.1 Å². The number of benzene rings is 3. The third-order valence-electron chi connectivity index (χ3n) is 7.25. The predicted molar refractivity (Wildman–Crippen MR) is 147 cm³/mol. The molecule has 1 N–H and O–H groups in total. The fourth-order valence-electron chi connectivity index (χ4n) is 5.30. The van der Waals surface area contributed by atoms with Crippen LogP contribution in [-0.4, -0.2) is 39.6 Å². The maximum absolute atomic E-state index is 14.2. The number of aromatic nitrogens is 3. The van der Waals surface area contributed by atoms with Crippen molar-refractivity contribution < 1.29 is 19.1 Å². The Morgan fingerprint density at radius 3 is 2.59 bits per heavy atom. The van der Waals surface area contributed by atoms with Gasteiger partial charge in [-0.3, -0.25) is 14.5 Å². The van der Waals surface area contributed by atoms with E-state index in [1.807, 2.05) is 24.3 Å². The van der Waals surface area contributed by atoms with E-state index in [-0.39, 0.29) is 31.2 Å². The number of anilines is 1. The van der Waals surface area contributed by atoms with Crippen molar-refractivity contribution >= 4 is 40.1 Å². The van der Waals surface area contributed by atoms with E-state index in [0.29, 0.717) is 33.3 Å². The van der Waals surface area contributed by atoms with E-state index in [0.717, 1.165) is 31.2 Å². The van der Waals surface area contributed by atoms with E-state index < -0.39 is 6.04 Å². The van der Waals surface area contributed by atoms with Crippen molar-refractivity contribution in [1.82, 2.24) is 20.3 Å². The van der Waals surface area contributed by atoms with Crippen molar-refractivity contribution in [2.75, 3.05) is 11.7 Å². The van der Waals surface area contributed by atoms with Gasteiger partial charge in [-0.15, -0.1) is 5.10 Å². The lowest BCUT2D eigenvalue weighted by Crippen LogP contribution is -2.48. The third kappa shape index (κ3) is 5.27. The number of hydrogen-bond acceptors (Lipinski definition) is 6. The first-order chi connectivity index (χ1) is 19.1. The van der Waals surface area contributed by atoms with Crippen LogP contribution in [0.15, 0.2) is 66.7 Å². The van der Waals surface area contributed by atoms with Gasteiger partial charge in [-0.2, -0.15) is 0 Å². The Morgan fingerprint density at radius 2 is 1.77 bits per heavy atom. The third-order valence-corrected chi connectivity index (χ3v) is 7.50. The Hall–Kier alpha value is -4.11. The number of ether oxygens (including phenoxy) is 2. The fourth-order valence-corrected chi connectivity index (χ4v) is 5.43. The maximum atomic E-state index is 14.2. The van der Waals surface area contributed by atoms with Crippen molar-refractivity contribution in [2.24, 2.45) is 0 Å². The minimum Gasteiger partial charge on any atom is -0.454 e. The van der Waals surface area contributed by atoms with Crippen LogP contribution >= 0.6 is 11.6 Å². The van der Waals surface area contributed by atoms with Crippen molar-refractivity contribution in [2.45, 2.75) is 50.7 Å². The SMILES string of the molecule is O=C(NC1CCCCC1)C(c1ccc(Cl)cc1)N(C(=O)Cn1nnc2ccccc21)c1ccc2c(c1)OCO2. The summed E-state index contributed by atoms with van der Waals surface area (Å²) in [5, 5.41) is 12.2. The monoisotopic (exact) mass is 545 g/mol. The lowest BCUT2D eigenvalue weighted by Gasteiger charge is -2.33. The van der Waals surface area contributed by atoms with Crippen LogP contribution in [0, 0.1) is 0 Å². The molecule has 1 atom stereocenters. The highest BCUT2D eigenvalue weighted by Crippen LogP contribution is 2.38. The van der Waals surface area contributed by atoms with E-state index in [9.17, 15) is 9.59 Å². The van der Waals surface area contributed by atoms with Crippen LogP contribution in [0.3, 0.4) is 0 Å². The summed E-state index contributed by atoms with van der Waals surface area (Å²) in [6.45, 7) is -0.0176. The molecule has 9 nitrogen and oxygen atoms in total. The van der Waals surface area contributed by atoms with Gasteiger partial charge in [0, 0.05) is 22.8 Å². The zero-order chi connectivity index (χ0) is 26.8. The Labute approximate surface area is 230 Å². The molecule has 1 aliphatic heterocycles. The van der Waals surface area contributed by atoms with Crippen molar-refractivity contribution in [1.29, 1.82) is 0 Å². The summed E-state index contributed by atoms with van der Waals surface area (Å²) < 4.78 is 12.7. The summed E-state index contributed by atoms with van der Waals surface area (Å²) in [5.74, 6) is 0.518. The Kier molecular flexibility index (Phi) is 7.06. The predicted octanol–water partition coefficient (Wildman–Crippen LogP) is 5.04. The minimum absolute atomic E-state index is 0.0639. The van der Waals surface area contributed by atoms with Crippen LogP contribution in [-0.2, 0) is 16.1 Å². The zero-order valence-electron chi connectivity index (χ0n) is 21.3. The highest BCUT2D eigenvalue weighted by atomic mass is 35.5. The number of para-hydroxylation sites is 1. The quantitative estimate of drug-likeness (QED) is 0.349. The summed E-state index contributed by atoms with van der Waals surface area (Å²) in [4.78, 5) is 29.7. The summed E-state index contributed by atoms with van der Waals surface area (Å²) in [6, 6.07) is 18.8. The van der Waals surface area contributed by atoms with E-state index in [2.05, 4.69) is 15.6 Å². The van der Waals surface area contributed by atoms with Gasteiger partial charge in [0.1, 0.15) is 18.1 Å². The van der Waals surface area contributed by atoms with Gasteiger partial charge in [0.25, 0.3) is 0 Å². The molecule has 0 bridgehead atoms. The molecule has 2 heterocycles. The molecule has 6 rings (SSSR count). The molecule has 1 saturated carbocycles. The summed E-state index contributed by atoms with van der Waals surface area (Å²) >= 11 is 6.19. The van der Waals surface area contributed by atoms with Gasteiger partial charge in [-0.1, -0.05) is 60.3 Å². The second-order valence-corrected chi connectivity index (χ2v) is 10.3. The molecule has 1 unspecified atom stereocenters. The second kappa shape index (κ2) is 10.9. The molecule has 3 aromatic carbocycles. The Bertz CT molecular complexity index is 1500. The summed E-state index contributed by atoms with van der Waals surface area (Å²) in [6.07, 6.45) is 5.14. The molecule has 200 valence electrons. The maximum Gasteiger partial charge on any atom is 0.249 e. The van der Waals surface area contributed by atoms with Crippen molar-refractivity contribution in [3.8, 4) is 11.5 Å². The van der Waals surface area contributed by atoms with Gasteiger partial charge < -0.3 is 14.8 Å². The first kappa shape index (κ1) is 25.2. The van der Waals surface area contributed by atoms with Crippen molar-refractivity contribution in [3.05, 3.63) is 77.3 Å². The van der Waals surface area contributed by atoms with Gasteiger partial charge >= 0.3 is 0 Å². The zero-order valence-corrected chi connectivity index (χ0v) is 22.0. The van der Waals surface area contributed by atoms with Gasteiger partial charge in [0.05, 0.1) is 5.52 Å². The van der Waals surface area contributed by atoms with Crippen LogP contribution in [0.5, 0.6) is 11.5 Å². The van der Waals surface area contributed by atoms with Crippen LogP contribution in [0.1, 0.15) is 43.7 Å². The largest absolute Gasteiger partial charge is 0.454 e. The molecule has 2 aliphatic rings. The first-order valence-corrected chi connectivity index (χ1v) is 13.5. The Morgan fingerprint density at radius 1 is 1.00 bits per heavy atom. The standard InChI is InChI=1S/C29H28ClN5O4/c30-20-12-10-19(11-13-20)28(29(37)31-21-6-2-1-3-7-21)35(22-14-15-25-26(16-22)39-18-38-25)27(36)17-34-24-9-5-4-8-23(24)32-33-34/h4-5,8-16,21,28H,1-3,6-7,17-18H2,(H,31,37). The van der Waals surface area contributed by atoms with Gasteiger partial charge in [0.15, 0.2) is 11.5 Å². The molecule has 39 heavy (non-hydrogen) atoms. The molecule has 1 aliphatic carbocycles. The molecular formula is C29H28ClN5O4. The van der Waals surface area contributed by atoms with E-state index in [4.69, 9.17) is 21.1 Å². The fraction of sp³-hybridized carbons (Fsp3) is 0.310. The number of carbonyl (C=O) groups excluding carboxylic acids is 2. The second-order valence-electron chi connectivity index (χ2n) is 9.83. The van der Waals surface area contributed by atoms with Gasteiger partial charge in [-0.25, -0.2) is 4.68 Å². The average molecular weight is 546 g/mol. The highest BCUT2D eigenvalue weighted by molar-refractivity contribution is 6.30. The number of halogens is 1. The van der Waals surface area contributed by atoms with E-state index >= 15 is 0 Å². The van der Waals surface area contributed by atoms with Crippen LogP contribution in [0.25, 0.3) is 11.0 Å². The molecule has 2 amide bonds. The molecule has 0 radical (unpaired) electrons. The van der Waals surface area contributed by atoms with Gasteiger partial charge in [0.2, 0.25) is 18.6 Å². The summed E-state index contributed by atoms with van der Waals surface area (Å²) in [5.41, 5.74) is 2.56. The smallest absolute Gasteiger partial charge is 0.249 e. The normalized spacial score (nSPS) is 15.7. The molecule has 4 aromatic rings. The number of fused-ring (bicyclic) bond motifs is 2. The number of amides is 2. The van der Waals surface area contributed by atoms with Gasteiger partial charge in [-0.05, 0) is 54.8 Å². The molecular weight excluding hydrogens is 518 g/mol. The Balaban J connectivity index is 1.42. The topological polar surface area (TPSA) is 98.6 Å². The first-order valence-electron chi connectivity index (χ1n) is 13.1. The van der Waals surface area contributed by atoms with Crippen LogP contribution in [0.4, 0.5) is 5.69 Å². The van der Waals surface area contributed by atoms with Crippen LogP contribution in [0.2, 0.25) is 5.02 Å². The van der Waals surface area contributed by atoms with E-state index in [1.165, 1.54) is 11.3 Å². The average Bonchev–Trinajstić information content (AvgIpc) is 3.59. The molecule has 0 saturated heterocycles. The summed E-state index contributed by atoms with van der Waals surface area (Å²) in [7, 11) is 0. The number of carbonyl (C=O) groups is 2. The minimum atomic E-state index is -0.952. The lowest BCUT2D eigenvalue weighted by atomic mass is 9.94.